The van der Waals surface area contributed by atoms with Crippen molar-refractivity contribution in [2.75, 3.05) is 0 Å². The monoisotopic (exact) mass is 300 g/mol. The summed E-state index contributed by atoms with van der Waals surface area (Å²) in [5.74, 6) is 0. The van der Waals surface area contributed by atoms with Crippen LogP contribution in [0.1, 0.15) is 13.8 Å². The Hall–Kier alpha value is 2.07. The van der Waals surface area contributed by atoms with Crippen LogP contribution in [-0.4, -0.2) is 16.3 Å². The van der Waals surface area contributed by atoms with Crippen LogP contribution in [0.2, 0.25) is 4.78 Å². The van der Waals surface area contributed by atoms with Gasteiger partial charge in [-0.05, 0) is 0 Å². The topological polar surface area (TPSA) is 0 Å². The van der Waals surface area contributed by atoms with Crippen molar-refractivity contribution >= 4 is 50.3 Å². The fourth-order valence-corrected chi connectivity index (χ4v) is 0. The Kier molecular flexibility index (Phi) is 92.5. The normalized spacial score (nSPS) is 4.62. The summed E-state index contributed by atoms with van der Waals surface area (Å²) >= 11 is 2.66. The van der Waals surface area contributed by atoms with E-state index < -0.39 is 0 Å². The molecular formula is C3H9AlBr2Cl2. The predicted molar refractivity (Wildman–Crippen MR) is 41.5 cm³/mol. The second-order valence-corrected chi connectivity index (χ2v) is 2.58. The molecule has 0 N–H and O–H groups in total. The summed E-state index contributed by atoms with van der Waals surface area (Å²) in [6.07, 6.45) is 0. The van der Waals surface area contributed by atoms with Gasteiger partial charge in [0.1, 0.15) is 0 Å². The molecule has 0 aliphatic rings. The van der Waals surface area contributed by atoms with Crippen LogP contribution in [0.25, 0.3) is 0 Å². The van der Waals surface area contributed by atoms with Gasteiger partial charge in [-0.2, -0.15) is 0 Å². The molecule has 0 saturated carbocycles. The summed E-state index contributed by atoms with van der Waals surface area (Å²) < 4.78 is 0.750. The molecule has 0 bridgehead atoms. The molecule has 0 amide bonds. The molecule has 0 rings (SSSR count). The van der Waals surface area contributed by atoms with Gasteiger partial charge in [-0.3, -0.25) is 0 Å². The van der Waals surface area contributed by atoms with E-state index in [2.05, 4.69) is 30.1 Å². The molecule has 0 aromatic rings. The van der Waals surface area contributed by atoms with Crippen molar-refractivity contribution in [2.45, 2.75) is 18.6 Å². The van der Waals surface area contributed by atoms with Crippen molar-refractivity contribution in [2.24, 2.45) is 0 Å². The van der Waals surface area contributed by atoms with E-state index >= 15 is 0 Å². The van der Waals surface area contributed by atoms with E-state index in [4.69, 9.17) is 0 Å². The summed E-state index contributed by atoms with van der Waals surface area (Å²) in [5, 5.41) is 0. The SMILES string of the molecule is Br.Br.C[CH](C)[Al+2].[Cl-].[Cl-]. The molecule has 0 unspecified atom stereocenters. The molecule has 0 fully saturated rings. The fraction of sp³-hybridized carbons (Fsp3) is 1.00. The number of hydrogen-bond acceptors (Lipinski definition) is 0. The Balaban J connectivity index is -0.00000000750. The molecule has 0 heterocycles. The summed E-state index contributed by atoms with van der Waals surface area (Å²) in [6, 6.07) is 0. The van der Waals surface area contributed by atoms with Crippen molar-refractivity contribution in [1.29, 1.82) is 0 Å². The Morgan fingerprint density at radius 1 is 1.00 bits per heavy atom. The second kappa shape index (κ2) is 23.0. The van der Waals surface area contributed by atoms with Gasteiger partial charge in [0.25, 0.3) is 0 Å². The van der Waals surface area contributed by atoms with Gasteiger partial charge in [-0.1, -0.05) is 0 Å². The first-order valence-corrected chi connectivity index (χ1v) is 2.15. The van der Waals surface area contributed by atoms with Crippen LogP contribution >= 0.6 is 34.0 Å². The molecule has 8 heavy (non-hydrogen) atoms. The Labute approximate surface area is 93.0 Å². The molecule has 0 radical (unpaired) electrons. The molecule has 0 spiro atoms. The van der Waals surface area contributed by atoms with Crippen LogP contribution < -0.4 is 24.8 Å². The van der Waals surface area contributed by atoms with Gasteiger partial charge >= 0.3 is 34.9 Å². The Morgan fingerprint density at radius 3 is 1.00 bits per heavy atom. The summed E-state index contributed by atoms with van der Waals surface area (Å²) in [5.41, 5.74) is 0. The molecule has 0 aliphatic carbocycles. The smallest absolute Gasteiger partial charge is 1.00 e. The fourth-order valence-electron chi connectivity index (χ4n) is 0. The number of rotatable bonds is 0. The average Bonchev–Trinajstić information content (AvgIpc) is 0.811. The zero-order valence-electron chi connectivity index (χ0n) is 4.73. The van der Waals surface area contributed by atoms with Gasteiger partial charge < -0.3 is 24.8 Å². The minimum atomic E-state index is 0. The van der Waals surface area contributed by atoms with Crippen LogP contribution in [0.5, 0.6) is 0 Å². The van der Waals surface area contributed by atoms with Gasteiger partial charge in [0, 0.05) is 0 Å². The molecule has 0 saturated heterocycles. The van der Waals surface area contributed by atoms with E-state index in [9.17, 15) is 0 Å². The maximum Gasteiger partial charge on any atom is -1.00 e. The van der Waals surface area contributed by atoms with Crippen molar-refractivity contribution in [3.63, 3.8) is 0 Å². The molecule has 0 atom stereocenters. The van der Waals surface area contributed by atoms with Crippen LogP contribution in [0.3, 0.4) is 0 Å². The van der Waals surface area contributed by atoms with Gasteiger partial charge in [0.2, 0.25) is 0 Å². The summed E-state index contributed by atoms with van der Waals surface area (Å²) in [6.45, 7) is 4.26. The van der Waals surface area contributed by atoms with Crippen LogP contribution in [-0.2, 0) is 0 Å². The standard InChI is InChI=1S/C3H7.Al.2BrH.2ClH/c1-3-2;;;;;/h3H,1-2H3;;4*1H/q;+2;;;;/p-2. The molecule has 0 aliphatic heterocycles. The zero-order chi connectivity index (χ0) is 3.58. The Bertz CT molecular complexity index is 20.0. The number of hydrogen-bond donors (Lipinski definition) is 0. The van der Waals surface area contributed by atoms with E-state index in [1.54, 1.807) is 0 Å². The second-order valence-electron chi connectivity index (χ2n) is 1.24. The third-order valence-corrected chi connectivity index (χ3v) is 0. The summed E-state index contributed by atoms with van der Waals surface area (Å²) in [4.78, 5) is 0. The molecular weight excluding hydrogens is 294 g/mol. The van der Waals surface area contributed by atoms with E-state index in [1.165, 1.54) is 0 Å². The number of halogens is 4. The average molecular weight is 303 g/mol. The van der Waals surface area contributed by atoms with Crippen molar-refractivity contribution in [3.05, 3.63) is 0 Å². The van der Waals surface area contributed by atoms with E-state index in [0.717, 1.165) is 4.78 Å². The largest absolute Gasteiger partial charge is 1.00 e. The van der Waals surface area contributed by atoms with Crippen LogP contribution in [0.15, 0.2) is 0 Å². The first-order valence-electron chi connectivity index (χ1n) is 1.49. The van der Waals surface area contributed by atoms with Gasteiger partial charge in [0.05, 0.1) is 0 Å². The quantitative estimate of drug-likeness (QED) is 0.402. The van der Waals surface area contributed by atoms with E-state index in [0.29, 0.717) is 0 Å². The third-order valence-electron chi connectivity index (χ3n) is 0. The first kappa shape index (κ1) is 32.2. The van der Waals surface area contributed by atoms with Crippen LogP contribution in [0, 0.1) is 0 Å². The van der Waals surface area contributed by atoms with Crippen molar-refractivity contribution < 1.29 is 24.8 Å². The molecule has 0 aromatic carbocycles. The minimum absolute atomic E-state index is 0. The van der Waals surface area contributed by atoms with E-state index in [-0.39, 0.29) is 58.8 Å². The maximum atomic E-state index is 2.66. The van der Waals surface area contributed by atoms with Gasteiger partial charge in [0.15, 0.2) is 0 Å². The minimum Gasteiger partial charge on any atom is -1.00 e. The maximum absolute atomic E-state index is 2.66. The van der Waals surface area contributed by atoms with Gasteiger partial charge in [-0.25, -0.2) is 0 Å². The van der Waals surface area contributed by atoms with Crippen LogP contribution in [0.4, 0.5) is 0 Å². The zero-order valence-corrected chi connectivity index (χ0v) is 10.8. The van der Waals surface area contributed by atoms with E-state index in [1.807, 2.05) is 0 Å². The molecule has 5 heteroatoms. The van der Waals surface area contributed by atoms with Gasteiger partial charge in [-0.15, -0.1) is 34.0 Å². The third kappa shape index (κ3) is 94.0. The molecule has 0 aromatic heterocycles. The first-order chi connectivity index (χ1) is 1.73. The summed E-state index contributed by atoms with van der Waals surface area (Å²) in [7, 11) is 0. The Morgan fingerprint density at radius 2 is 1.00 bits per heavy atom. The predicted octanol–water partition coefficient (Wildman–Crippen LogP) is -3.85. The van der Waals surface area contributed by atoms with Crippen molar-refractivity contribution in [3.8, 4) is 0 Å². The molecule has 0 nitrogen and oxygen atoms in total. The van der Waals surface area contributed by atoms with Crippen molar-refractivity contribution in [1.82, 2.24) is 0 Å². The molecule has 52 valence electrons.